The molecule has 2 amide bonds. The maximum atomic E-state index is 13.0. The highest BCUT2D eigenvalue weighted by Gasteiger charge is 2.49. The van der Waals surface area contributed by atoms with E-state index >= 15 is 0 Å². The molecule has 0 bridgehead atoms. The lowest BCUT2D eigenvalue weighted by molar-refractivity contribution is -0.128. The summed E-state index contributed by atoms with van der Waals surface area (Å²) in [5, 5.41) is 9.29. The van der Waals surface area contributed by atoms with E-state index in [1.54, 1.807) is 18.2 Å². The van der Waals surface area contributed by atoms with E-state index in [2.05, 4.69) is 16.0 Å². The van der Waals surface area contributed by atoms with Gasteiger partial charge in [0.05, 0.1) is 17.2 Å². The minimum atomic E-state index is -0.297. The van der Waals surface area contributed by atoms with Gasteiger partial charge in [0.2, 0.25) is 5.91 Å². The van der Waals surface area contributed by atoms with Gasteiger partial charge in [0.1, 0.15) is 6.26 Å². The highest BCUT2D eigenvalue weighted by molar-refractivity contribution is 6.04. The molecule has 6 heteroatoms. The third kappa shape index (κ3) is 3.12. The number of nitrogens with one attached hydrogen (secondary N) is 3. The van der Waals surface area contributed by atoms with Crippen LogP contribution in [-0.4, -0.2) is 24.9 Å². The number of anilines is 2. The number of fused-ring (bicyclic) bond motifs is 1. The van der Waals surface area contributed by atoms with Gasteiger partial charge < -0.3 is 20.4 Å². The Hall–Kier alpha value is -2.60. The minimum Gasteiger partial charge on any atom is -0.472 e. The van der Waals surface area contributed by atoms with Crippen LogP contribution in [-0.2, 0) is 4.79 Å². The standard InChI is InChI=1S/C20H23N3O3/c24-18(14-7-9-26-12-14)22-16-5-3-6-17(10-16)23-19(25)20-8-2-1-4-15(20)11-21-13-20/h3,5-7,9-10,12,15,21H,1-2,4,8,11,13H2,(H,22,24)(H,23,25)/t15-,20+/m0/s1. The fourth-order valence-corrected chi connectivity index (χ4v) is 4.22. The van der Waals surface area contributed by atoms with E-state index < -0.39 is 0 Å². The molecule has 1 aliphatic heterocycles. The summed E-state index contributed by atoms with van der Waals surface area (Å²) < 4.78 is 4.93. The third-order valence-corrected chi connectivity index (χ3v) is 5.65. The molecule has 26 heavy (non-hydrogen) atoms. The zero-order valence-corrected chi connectivity index (χ0v) is 14.6. The first-order valence-electron chi connectivity index (χ1n) is 9.13. The van der Waals surface area contributed by atoms with Crippen molar-refractivity contribution >= 4 is 23.2 Å². The molecule has 1 aliphatic carbocycles. The van der Waals surface area contributed by atoms with Gasteiger partial charge in [-0.25, -0.2) is 0 Å². The average molecular weight is 353 g/mol. The number of carbonyl (C=O) groups is 2. The normalized spacial score (nSPS) is 24.7. The fourth-order valence-electron chi connectivity index (χ4n) is 4.22. The second kappa shape index (κ2) is 6.96. The number of hydrogen-bond donors (Lipinski definition) is 3. The van der Waals surface area contributed by atoms with Crippen molar-refractivity contribution in [3.8, 4) is 0 Å². The van der Waals surface area contributed by atoms with E-state index in [0.29, 0.717) is 22.9 Å². The van der Waals surface area contributed by atoms with E-state index in [-0.39, 0.29) is 17.2 Å². The number of furan rings is 1. The van der Waals surface area contributed by atoms with E-state index in [1.807, 2.05) is 12.1 Å². The molecule has 2 fully saturated rings. The van der Waals surface area contributed by atoms with Gasteiger partial charge in [0, 0.05) is 17.9 Å². The van der Waals surface area contributed by atoms with Gasteiger partial charge in [0.15, 0.2) is 0 Å². The van der Waals surface area contributed by atoms with Gasteiger partial charge in [-0.1, -0.05) is 18.9 Å². The SMILES string of the molecule is O=C(Nc1cccc(NC(=O)[C@@]23CCCC[C@H]2CNC3)c1)c1ccoc1. The predicted octanol–water partition coefficient (Wildman–Crippen LogP) is 3.25. The van der Waals surface area contributed by atoms with E-state index in [9.17, 15) is 9.59 Å². The van der Waals surface area contributed by atoms with Crippen LogP contribution in [0.4, 0.5) is 11.4 Å². The fraction of sp³-hybridized carbons (Fsp3) is 0.400. The van der Waals surface area contributed by atoms with Gasteiger partial charge >= 0.3 is 0 Å². The van der Waals surface area contributed by atoms with Crippen LogP contribution in [0.15, 0.2) is 47.3 Å². The van der Waals surface area contributed by atoms with Crippen molar-refractivity contribution in [1.82, 2.24) is 5.32 Å². The van der Waals surface area contributed by atoms with Crippen molar-refractivity contribution < 1.29 is 14.0 Å². The van der Waals surface area contributed by atoms with Gasteiger partial charge in [-0.2, -0.15) is 0 Å². The molecule has 1 saturated carbocycles. The Morgan fingerprint density at radius 3 is 2.81 bits per heavy atom. The van der Waals surface area contributed by atoms with Gasteiger partial charge in [-0.15, -0.1) is 0 Å². The first kappa shape index (κ1) is 16.8. The molecule has 1 aromatic heterocycles. The molecule has 1 aromatic carbocycles. The Kier molecular flexibility index (Phi) is 4.51. The molecular formula is C20H23N3O3. The lowest BCUT2D eigenvalue weighted by Gasteiger charge is -2.37. The third-order valence-electron chi connectivity index (χ3n) is 5.65. The lowest BCUT2D eigenvalue weighted by Crippen LogP contribution is -2.44. The molecule has 0 unspecified atom stereocenters. The summed E-state index contributed by atoms with van der Waals surface area (Å²) in [4.78, 5) is 25.2. The van der Waals surface area contributed by atoms with Crippen LogP contribution in [0.25, 0.3) is 0 Å². The number of rotatable bonds is 4. The monoisotopic (exact) mass is 353 g/mol. The van der Waals surface area contributed by atoms with Crippen LogP contribution in [0, 0.1) is 11.3 Å². The van der Waals surface area contributed by atoms with Crippen LogP contribution < -0.4 is 16.0 Å². The minimum absolute atomic E-state index is 0.0884. The molecule has 2 aliphatic rings. The number of carbonyl (C=O) groups excluding carboxylic acids is 2. The molecule has 2 aromatic rings. The molecule has 0 radical (unpaired) electrons. The van der Waals surface area contributed by atoms with Gasteiger partial charge in [0.25, 0.3) is 5.91 Å². The molecule has 1 saturated heterocycles. The van der Waals surface area contributed by atoms with Crippen molar-refractivity contribution in [3.63, 3.8) is 0 Å². The molecule has 2 heterocycles. The summed E-state index contributed by atoms with van der Waals surface area (Å²) in [5.41, 5.74) is 1.50. The topological polar surface area (TPSA) is 83.4 Å². The Morgan fingerprint density at radius 1 is 1.15 bits per heavy atom. The highest BCUT2D eigenvalue weighted by Crippen LogP contribution is 2.44. The van der Waals surface area contributed by atoms with Crippen molar-refractivity contribution in [2.75, 3.05) is 23.7 Å². The molecular weight excluding hydrogens is 330 g/mol. The number of benzene rings is 1. The average Bonchev–Trinajstić information content (AvgIpc) is 3.32. The highest BCUT2D eigenvalue weighted by atomic mass is 16.3. The largest absolute Gasteiger partial charge is 0.472 e. The smallest absolute Gasteiger partial charge is 0.258 e. The number of hydrogen-bond acceptors (Lipinski definition) is 4. The molecule has 4 rings (SSSR count). The summed E-state index contributed by atoms with van der Waals surface area (Å²) in [6.45, 7) is 1.68. The maximum absolute atomic E-state index is 13.0. The second-order valence-electron chi connectivity index (χ2n) is 7.23. The molecule has 0 spiro atoms. The van der Waals surface area contributed by atoms with Gasteiger partial charge in [-0.05, 0) is 49.6 Å². The van der Waals surface area contributed by atoms with Crippen LogP contribution in [0.1, 0.15) is 36.0 Å². The zero-order valence-electron chi connectivity index (χ0n) is 14.6. The van der Waals surface area contributed by atoms with Crippen LogP contribution >= 0.6 is 0 Å². The summed E-state index contributed by atoms with van der Waals surface area (Å²) in [6.07, 6.45) is 7.22. The zero-order chi connectivity index (χ0) is 18.0. The van der Waals surface area contributed by atoms with E-state index in [1.165, 1.54) is 18.9 Å². The summed E-state index contributed by atoms with van der Waals surface area (Å²) >= 11 is 0. The Bertz CT molecular complexity index is 802. The van der Waals surface area contributed by atoms with Crippen molar-refractivity contribution in [2.45, 2.75) is 25.7 Å². The predicted molar refractivity (Wildman–Crippen MR) is 99.0 cm³/mol. The second-order valence-corrected chi connectivity index (χ2v) is 7.23. The van der Waals surface area contributed by atoms with Gasteiger partial charge in [-0.3, -0.25) is 9.59 Å². The summed E-state index contributed by atoms with van der Waals surface area (Å²) in [6, 6.07) is 8.86. The summed E-state index contributed by atoms with van der Waals surface area (Å²) in [7, 11) is 0. The molecule has 2 atom stereocenters. The first-order chi connectivity index (χ1) is 12.7. The molecule has 3 N–H and O–H groups in total. The first-order valence-corrected chi connectivity index (χ1v) is 9.13. The van der Waals surface area contributed by atoms with Crippen LogP contribution in [0.2, 0.25) is 0 Å². The van der Waals surface area contributed by atoms with Crippen molar-refractivity contribution in [2.24, 2.45) is 11.3 Å². The summed E-state index contributed by atoms with van der Waals surface area (Å²) in [5.74, 6) is 0.263. The lowest BCUT2D eigenvalue weighted by atomic mass is 9.67. The van der Waals surface area contributed by atoms with Crippen LogP contribution in [0.3, 0.4) is 0 Å². The van der Waals surface area contributed by atoms with Crippen molar-refractivity contribution in [3.05, 3.63) is 48.4 Å². The van der Waals surface area contributed by atoms with Crippen LogP contribution in [0.5, 0.6) is 0 Å². The maximum Gasteiger partial charge on any atom is 0.258 e. The Labute approximate surface area is 152 Å². The Morgan fingerprint density at radius 2 is 2.00 bits per heavy atom. The van der Waals surface area contributed by atoms with E-state index in [4.69, 9.17) is 4.42 Å². The number of amides is 2. The Balaban J connectivity index is 1.47. The molecule has 136 valence electrons. The van der Waals surface area contributed by atoms with E-state index in [0.717, 1.165) is 32.4 Å². The molecule has 6 nitrogen and oxygen atoms in total. The van der Waals surface area contributed by atoms with Crippen molar-refractivity contribution in [1.29, 1.82) is 0 Å². The quantitative estimate of drug-likeness (QED) is 0.788.